The van der Waals surface area contributed by atoms with Crippen LogP contribution in [0, 0.1) is 0 Å². The van der Waals surface area contributed by atoms with Crippen LogP contribution in [0.3, 0.4) is 0 Å². The smallest absolute Gasteiger partial charge is 0.214 e. The minimum atomic E-state index is -3.13. The maximum atomic E-state index is 11.7. The van der Waals surface area contributed by atoms with Crippen molar-refractivity contribution in [3.8, 4) is 0 Å². The molecule has 0 saturated heterocycles. The van der Waals surface area contributed by atoms with Crippen molar-refractivity contribution in [2.75, 3.05) is 12.8 Å². The minimum absolute atomic E-state index is 0.209. The lowest BCUT2D eigenvalue weighted by Gasteiger charge is -2.15. The molecule has 1 aromatic rings. The highest BCUT2D eigenvalue weighted by atomic mass is 32.2. The molecule has 0 amide bonds. The number of hydrogen-bond donors (Lipinski definition) is 0. The molecule has 0 N–H and O–H groups in total. The van der Waals surface area contributed by atoms with Gasteiger partial charge in [0.25, 0.3) is 0 Å². The summed E-state index contributed by atoms with van der Waals surface area (Å²) in [5.74, 6) is 0.873. The Morgan fingerprint density at radius 2 is 2.20 bits per heavy atom. The molecule has 15 heavy (non-hydrogen) atoms. The molecule has 0 atom stereocenters. The van der Waals surface area contributed by atoms with E-state index in [4.69, 9.17) is 4.42 Å². The van der Waals surface area contributed by atoms with Crippen molar-refractivity contribution in [3.63, 3.8) is 0 Å². The van der Waals surface area contributed by atoms with Crippen LogP contribution in [0.25, 0.3) is 0 Å². The summed E-state index contributed by atoms with van der Waals surface area (Å²) in [6, 6.07) is 3.52. The Morgan fingerprint density at radius 1 is 1.47 bits per heavy atom. The fourth-order valence-corrected chi connectivity index (χ4v) is 2.49. The van der Waals surface area contributed by atoms with Gasteiger partial charge in [-0.3, -0.25) is 0 Å². The van der Waals surface area contributed by atoms with Crippen molar-refractivity contribution in [3.05, 3.63) is 24.2 Å². The van der Waals surface area contributed by atoms with E-state index in [-0.39, 0.29) is 5.75 Å². The number of furan rings is 1. The molecule has 0 saturated carbocycles. The second-order valence-electron chi connectivity index (χ2n) is 3.50. The van der Waals surface area contributed by atoms with Crippen molar-refractivity contribution in [1.29, 1.82) is 0 Å². The molecule has 0 spiro atoms. The average molecular weight is 231 g/mol. The van der Waals surface area contributed by atoms with Gasteiger partial charge in [0.2, 0.25) is 10.0 Å². The number of sulfonamides is 1. The zero-order chi connectivity index (χ0) is 11.3. The number of hydrogen-bond acceptors (Lipinski definition) is 3. The van der Waals surface area contributed by atoms with Crippen LogP contribution < -0.4 is 0 Å². The van der Waals surface area contributed by atoms with E-state index >= 15 is 0 Å². The number of unbranched alkanes of at least 4 members (excludes halogenated alkanes) is 1. The van der Waals surface area contributed by atoms with Gasteiger partial charge in [-0.05, 0) is 18.6 Å². The first kappa shape index (κ1) is 12.3. The summed E-state index contributed by atoms with van der Waals surface area (Å²) in [5, 5.41) is 0. The third kappa shape index (κ3) is 3.68. The summed E-state index contributed by atoms with van der Waals surface area (Å²) in [7, 11) is -1.55. The predicted molar refractivity (Wildman–Crippen MR) is 58.9 cm³/mol. The van der Waals surface area contributed by atoms with E-state index in [1.54, 1.807) is 25.4 Å². The van der Waals surface area contributed by atoms with Crippen molar-refractivity contribution in [1.82, 2.24) is 4.31 Å². The molecule has 4 nitrogen and oxygen atoms in total. The lowest BCUT2D eigenvalue weighted by atomic mass is 10.4. The highest BCUT2D eigenvalue weighted by Crippen LogP contribution is 2.09. The monoisotopic (exact) mass is 231 g/mol. The van der Waals surface area contributed by atoms with Crippen LogP contribution in [-0.2, 0) is 16.6 Å². The van der Waals surface area contributed by atoms with E-state index in [9.17, 15) is 8.42 Å². The Morgan fingerprint density at radius 3 is 2.73 bits per heavy atom. The van der Waals surface area contributed by atoms with Crippen LogP contribution >= 0.6 is 0 Å². The highest BCUT2D eigenvalue weighted by molar-refractivity contribution is 7.89. The first-order chi connectivity index (χ1) is 7.06. The van der Waals surface area contributed by atoms with Crippen LogP contribution in [0.2, 0.25) is 0 Å². The fourth-order valence-electron chi connectivity index (χ4n) is 1.20. The van der Waals surface area contributed by atoms with E-state index in [0.29, 0.717) is 18.7 Å². The Balaban J connectivity index is 2.56. The molecule has 0 radical (unpaired) electrons. The van der Waals surface area contributed by atoms with Gasteiger partial charge in [0.1, 0.15) is 5.76 Å². The van der Waals surface area contributed by atoms with Gasteiger partial charge in [0, 0.05) is 7.05 Å². The largest absolute Gasteiger partial charge is 0.468 e. The molecule has 0 bridgehead atoms. The molecule has 0 aliphatic heterocycles. The Bertz CT molecular complexity index is 369. The standard InChI is InChI=1S/C10H17NO3S/c1-3-4-8-15(12,13)11(2)9-10-6-5-7-14-10/h5-7H,3-4,8-9H2,1-2H3. The summed E-state index contributed by atoms with van der Waals surface area (Å²) >= 11 is 0. The fraction of sp³-hybridized carbons (Fsp3) is 0.600. The molecular formula is C10H17NO3S. The maximum Gasteiger partial charge on any atom is 0.214 e. The molecule has 86 valence electrons. The summed E-state index contributed by atoms with van der Waals surface area (Å²) in [4.78, 5) is 0. The number of rotatable bonds is 6. The van der Waals surface area contributed by atoms with Crippen molar-refractivity contribution >= 4 is 10.0 Å². The zero-order valence-corrected chi connectivity index (χ0v) is 9.96. The molecule has 0 aromatic carbocycles. The van der Waals surface area contributed by atoms with Crippen LogP contribution in [-0.4, -0.2) is 25.5 Å². The lowest BCUT2D eigenvalue weighted by molar-refractivity contribution is 0.405. The van der Waals surface area contributed by atoms with Gasteiger partial charge in [0.15, 0.2) is 0 Å². The van der Waals surface area contributed by atoms with Gasteiger partial charge >= 0.3 is 0 Å². The molecule has 1 rings (SSSR count). The van der Waals surface area contributed by atoms with E-state index in [2.05, 4.69) is 0 Å². The normalized spacial score (nSPS) is 12.2. The molecule has 1 heterocycles. The van der Waals surface area contributed by atoms with Gasteiger partial charge in [-0.1, -0.05) is 13.3 Å². The summed E-state index contributed by atoms with van der Waals surface area (Å²) in [6.45, 7) is 2.28. The lowest BCUT2D eigenvalue weighted by Crippen LogP contribution is -2.28. The number of nitrogens with zero attached hydrogens (tertiary/aromatic N) is 1. The highest BCUT2D eigenvalue weighted by Gasteiger charge is 2.17. The van der Waals surface area contributed by atoms with Gasteiger partial charge in [0.05, 0.1) is 18.6 Å². The second kappa shape index (κ2) is 5.32. The van der Waals surface area contributed by atoms with Gasteiger partial charge in [-0.2, -0.15) is 4.31 Å². The Kier molecular flexibility index (Phi) is 4.35. The second-order valence-corrected chi connectivity index (χ2v) is 5.70. The summed E-state index contributed by atoms with van der Waals surface area (Å²) in [6.07, 6.45) is 3.13. The molecule has 0 fully saturated rings. The van der Waals surface area contributed by atoms with Crippen LogP contribution in [0.4, 0.5) is 0 Å². The third-order valence-corrected chi connectivity index (χ3v) is 4.07. The first-order valence-corrected chi connectivity index (χ1v) is 6.63. The van der Waals surface area contributed by atoms with E-state index in [0.717, 1.165) is 6.42 Å². The average Bonchev–Trinajstić information content (AvgIpc) is 2.67. The Labute approximate surface area is 90.9 Å². The molecule has 0 aliphatic rings. The minimum Gasteiger partial charge on any atom is -0.468 e. The van der Waals surface area contributed by atoms with Gasteiger partial charge < -0.3 is 4.42 Å². The van der Waals surface area contributed by atoms with Crippen molar-refractivity contribution in [2.45, 2.75) is 26.3 Å². The Hall–Kier alpha value is -0.810. The van der Waals surface area contributed by atoms with Crippen LogP contribution in [0.15, 0.2) is 22.8 Å². The maximum absolute atomic E-state index is 11.7. The first-order valence-electron chi connectivity index (χ1n) is 5.02. The molecule has 5 heteroatoms. The van der Waals surface area contributed by atoms with Crippen molar-refractivity contribution < 1.29 is 12.8 Å². The zero-order valence-electron chi connectivity index (χ0n) is 9.14. The van der Waals surface area contributed by atoms with Gasteiger partial charge in [-0.25, -0.2) is 8.42 Å². The SMILES string of the molecule is CCCCS(=O)(=O)N(C)Cc1ccco1. The molecule has 0 unspecified atom stereocenters. The van der Waals surface area contributed by atoms with E-state index < -0.39 is 10.0 Å². The van der Waals surface area contributed by atoms with E-state index in [1.165, 1.54) is 4.31 Å². The summed E-state index contributed by atoms with van der Waals surface area (Å²) < 4.78 is 29.8. The molecular weight excluding hydrogens is 214 g/mol. The van der Waals surface area contributed by atoms with Crippen LogP contribution in [0.1, 0.15) is 25.5 Å². The van der Waals surface area contributed by atoms with Crippen molar-refractivity contribution in [2.24, 2.45) is 0 Å². The third-order valence-electron chi connectivity index (χ3n) is 2.19. The van der Waals surface area contributed by atoms with E-state index in [1.807, 2.05) is 6.92 Å². The predicted octanol–water partition coefficient (Wildman–Crippen LogP) is 1.84. The molecule has 1 aromatic heterocycles. The quantitative estimate of drug-likeness (QED) is 0.750. The summed E-state index contributed by atoms with van der Waals surface area (Å²) in [5.41, 5.74) is 0. The van der Waals surface area contributed by atoms with Gasteiger partial charge in [-0.15, -0.1) is 0 Å². The van der Waals surface area contributed by atoms with Crippen LogP contribution in [0.5, 0.6) is 0 Å². The molecule has 0 aliphatic carbocycles. The topological polar surface area (TPSA) is 50.5 Å².